The molecule has 1 aromatic carbocycles. The molecule has 0 amide bonds. The van der Waals surface area contributed by atoms with Gasteiger partial charge in [-0.3, -0.25) is 0 Å². The van der Waals surface area contributed by atoms with Crippen LogP contribution < -0.4 is 0 Å². The van der Waals surface area contributed by atoms with Crippen LogP contribution in [0.1, 0.15) is 18.9 Å². The van der Waals surface area contributed by atoms with Crippen LogP contribution in [0.2, 0.25) is 0 Å². The zero-order valence-corrected chi connectivity index (χ0v) is 13.1. The number of rotatable bonds is 4. The van der Waals surface area contributed by atoms with Crippen molar-refractivity contribution in [3.8, 4) is 0 Å². The first-order valence-corrected chi connectivity index (χ1v) is 8.53. The number of halogens is 3. The van der Waals surface area contributed by atoms with Gasteiger partial charge < -0.3 is 4.74 Å². The topological polar surface area (TPSA) is 46.6 Å². The van der Waals surface area contributed by atoms with Crippen LogP contribution in [0.15, 0.2) is 17.0 Å². The maximum atomic E-state index is 13.9. The van der Waals surface area contributed by atoms with Crippen LogP contribution in [0.25, 0.3) is 0 Å². The van der Waals surface area contributed by atoms with E-state index in [2.05, 4.69) is 0 Å². The van der Waals surface area contributed by atoms with Gasteiger partial charge in [0.25, 0.3) is 0 Å². The summed E-state index contributed by atoms with van der Waals surface area (Å²) < 4.78 is 59.0. The summed E-state index contributed by atoms with van der Waals surface area (Å²) in [6.45, 7) is 2.35. The van der Waals surface area contributed by atoms with Crippen molar-refractivity contribution < 1.29 is 21.9 Å². The zero-order chi connectivity index (χ0) is 15.6. The highest BCUT2D eigenvalue weighted by molar-refractivity contribution is 7.89. The molecule has 1 aliphatic rings. The van der Waals surface area contributed by atoms with Gasteiger partial charge in [0.15, 0.2) is 11.6 Å². The van der Waals surface area contributed by atoms with Crippen molar-refractivity contribution in [3.05, 3.63) is 29.3 Å². The maximum Gasteiger partial charge on any atom is 0.246 e. The fraction of sp³-hybridized carbons (Fsp3) is 0.538. The lowest BCUT2D eigenvalue weighted by atomic mass is 10.2. The molecule has 1 heterocycles. The van der Waals surface area contributed by atoms with E-state index in [0.29, 0.717) is 6.42 Å². The second-order valence-electron chi connectivity index (χ2n) is 4.79. The summed E-state index contributed by atoms with van der Waals surface area (Å²) in [5.74, 6) is -2.68. The summed E-state index contributed by atoms with van der Waals surface area (Å²) in [6.07, 6.45) is 0.405. The normalized spacial score (nSPS) is 20.7. The molecule has 4 nitrogen and oxygen atoms in total. The largest absolute Gasteiger partial charge is 0.375 e. The van der Waals surface area contributed by atoms with E-state index < -0.39 is 26.6 Å². The van der Waals surface area contributed by atoms with Gasteiger partial charge in [0.1, 0.15) is 4.90 Å². The van der Waals surface area contributed by atoms with Gasteiger partial charge in [0, 0.05) is 19.0 Å². The molecule has 1 atom stereocenters. The quantitative estimate of drug-likeness (QED) is 0.792. The SMILES string of the molecule is CCC1CN(S(=O)(=O)c2cc(CCl)cc(F)c2F)CCO1. The lowest BCUT2D eigenvalue weighted by Gasteiger charge is -2.31. The van der Waals surface area contributed by atoms with Crippen molar-refractivity contribution in [2.45, 2.75) is 30.2 Å². The molecule has 118 valence electrons. The van der Waals surface area contributed by atoms with E-state index >= 15 is 0 Å². The lowest BCUT2D eigenvalue weighted by Crippen LogP contribution is -2.45. The fourth-order valence-electron chi connectivity index (χ4n) is 2.18. The van der Waals surface area contributed by atoms with E-state index in [9.17, 15) is 17.2 Å². The minimum absolute atomic E-state index is 0.0968. The van der Waals surface area contributed by atoms with Crippen LogP contribution in [-0.4, -0.2) is 38.5 Å². The Morgan fingerprint density at radius 2 is 2.14 bits per heavy atom. The van der Waals surface area contributed by atoms with Crippen LogP contribution in [-0.2, 0) is 20.6 Å². The summed E-state index contributed by atoms with van der Waals surface area (Å²) in [5, 5.41) is 0. The Balaban J connectivity index is 2.41. The monoisotopic (exact) mass is 339 g/mol. The van der Waals surface area contributed by atoms with E-state index in [0.717, 1.165) is 16.4 Å². The van der Waals surface area contributed by atoms with Crippen molar-refractivity contribution in [3.63, 3.8) is 0 Å². The number of benzene rings is 1. The van der Waals surface area contributed by atoms with Crippen LogP contribution in [0.5, 0.6) is 0 Å². The molecule has 0 aromatic heterocycles. The Morgan fingerprint density at radius 1 is 1.43 bits per heavy atom. The van der Waals surface area contributed by atoms with Gasteiger partial charge in [-0.25, -0.2) is 17.2 Å². The first kappa shape index (κ1) is 16.6. The predicted octanol–water partition coefficient (Wildman–Crippen LogP) is 2.50. The Hall–Kier alpha value is -0.760. The number of ether oxygens (including phenoxy) is 1. The van der Waals surface area contributed by atoms with Gasteiger partial charge in [-0.15, -0.1) is 11.6 Å². The number of alkyl halides is 1. The van der Waals surface area contributed by atoms with Gasteiger partial charge >= 0.3 is 0 Å². The molecule has 0 aliphatic carbocycles. The molecule has 1 fully saturated rings. The Bertz CT molecular complexity index is 624. The average Bonchev–Trinajstić information content (AvgIpc) is 2.49. The van der Waals surface area contributed by atoms with Gasteiger partial charge in [-0.1, -0.05) is 6.92 Å². The van der Waals surface area contributed by atoms with Crippen LogP contribution in [0.4, 0.5) is 8.78 Å². The molecule has 1 aromatic rings. The molecule has 21 heavy (non-hydrogen) atoms. The number of nitrogens with zero attached hydrogens (tertiary/aromatic N) is 1. The molecule has 0 saturated carbocycles. The van der Waals surface area contributed by atoms with Gasteiger partial charge in [-0.2, -0.15) is 4.31 Å². The molecule has 0 spiro atoms. The minimum atomic E-state index is -4.11. The third-order valence-corrected chi connectivity index (χ3v) is 5.56. The third kappa shape index (κ3) is 3.36. The fourth-order valence-corrected chi connectivity index (χ4v) is 3.91. The highest BCUT2D eigenvalue weighted by atomic mass is 35.5. The second-order valence-corrected chi connectivity index (χ2v) is 6.96. The van der Waals surface area contributed by atoms with E-state index in [1.807, 2.05) is 6.92 Å². The van der Waals surface area contributed by atoms with Crippen molar-refractivity contribution in [2.75, 3.05) is 19.7 Å². The van der Waals surface area contributed by atoms with E-state index in [-0.39, 0.29) is 37.2 Å². The van der Waals surface area contributed by atoms with E-state index in [1.165, 1.54) is 0 Å². The summed E-state index contributed by atoms with van der Waals surface area (Å²) in [5.41, 5.74) is 0.217. The number of hydrogen-bond acceptors (Lipinski definition) is 3. The molecule has 0 radical (unpaired) electrons. The molecule has 8 heteroatoms. The minimum Gasteiger partial charge on any atom is -0.375 e. The van der Waals surface area contributed by atoms with Crippen molar-refractivity contribution >= 4 is 21.6 Å². The molecule has 1 aliphatic heterocycles. The molecule has 1 saturated heterocycles. The van der Waals surface area contributed by atoms with E-state index in [4.69, 9.17) is 16.3 Å². The first-order chi connectivity index (χ1) is 9.90. The Kier molecular flexibility index (Phi) is 5.19. The van der Waals surface area contributed by atoms with Gasteiger partial charge in [0.05, 0.1) is 12.7 Å². The molecule has 0 bridgehead atoms. The number of sulfonamides is 1. The first-order valence-electron chi connectivity index (χ1n) is 6.55. The Morgan fingerprint density at radius 3 is 2.76 bits per heavy atom. The molecule has 1 unspecified atom stereocenters. The average molecular weight is 340 g/mol. The lowest BCUT2D eigenvalue weighted by molar-refractivity contribution is -0.00284. The molecular formula is C13H16ClF2NO3S. The van der Waals surface area contributed by atoms with Gasteiger partial charge in [0.2, 0.25) is 10.0 Å². The number of morpholine rings is 1. The van der Waals surface area contributed by atoms with Gasteiger partial charge in [-0.05, 0) is 24.1 Å². The highest BCUT2D eigenvalue weighted by Gasteiger charge is 2.33. The summed E-state index contributed by atoms with van der Waals surface area (Å²) >= 11 is 5.59. The summed E-state index contributed by atoms with van der Waals surface area (Å²) in [6, 6.07) is 1.98. The molecule has 2 rings (SSSR count). The van der Waals surface area contributed by atoms with Crippen LogP contribution in [0.3, 0.4) is 0 Å². The van der Waals surface area contributed by atoms with E-state index in [1.54, 1.807) is 0 Å². The zero-order valence-electron chi connectivity index (χ0n) is 11.5. The highest BCUT2D eigenvalue weighted by Crippen LogP contribution is 2.25. The molecule has 0 N–H and O–H groups in total. The van der Waals surface area contributed by atoms with Crippen LogP contribution >= 0.6 is 11.6 Å². The maximum absolute atomic E-state index is 13.9. The molecular weight excluding hydrogens is 324 g/mol. The smallest absolute Gasteiger partial charge is 0.246 e. The predicted molar refractivity (Wildman–Crippen MR) is 74.7 cm³/mol. The Labute approximate surface area is 127 Å². The second kappa shape index (κ2) is 6.56. The summed E-state index contributed by atoms with van der Waals surface area (Å²) in [4.78, 5) is -0.671. The standard InChI is InChI=1S/C13H16ClF2NO3S/c1-2-10-8-17(3-4-20-10)21(18,19)12-6-9(7-14)5-11(15)13(12)16/h5-6,10H,2-4,7-8H2,1H3. The van der Waals surface area contributed by atoms with Crippen molar-refractivity contribution in [2.24, 2.45) is 0 Å². The third-order valence-electron chi connectivity index (χ3n) is 3.38. The van der Waals surface area contributed by atoms with Crippen LogP contribution in [0, 0.1) is 11.6 Å². The summed E-state index contributed by atoms with van der Waals surface area (Å²) in [7, 11) is -4.11. The number of hydrogen-bond donors (Lipinski definition) is 0. The van der Waals surface area contributed by atoms with Crippen molar-refractivity contribution in [1.29, 1.82) is 0 Å². The van der Waals surface area contributed by atoms with Crippen molar-refractivity contribution in [1.82, 2.24) is 4.31 Å².